The van der Waals surface area contributed by atoms with Crippen molar-refractivity contribution >= 4 is 11.8 Å². The van der Waals surface area contributed by atoms with E-state index in [1.807, 2.05) is 6.26 Å². The monoisotopic (exact) mass is 228 g/mol. The quantitative estimate of drug-likeness (QED) is 0.665. The van der Waals surface area contributed by atoms with Gasteiger partial charge in [0, 0.05) is 24.5 Å². The highest BCUT2D eigenvalue weighted by Crippen LogP contribution is 2.12. The van der Waals surface area contributed by atoms with Gasteiger partial charge in [-0.15, -0.1) is 0 Å². The molecular formula is C10H16N2O2S. The summed E-state index contributed by atoms with van der Waals surface area (Å²) in [5.74, 6) is 1.02. The van der Waals surface area contributed by atoms with Gasteiger partial charge in [0.05, 0.1) is 12.3 Å². The summed E-state index contributed by atoms with van der Waals surface area (Å²) in [5.41, 5.74) is 0.608. The third-order valence-corrected chi connectivity index (χ3v) is 2.75. The van der Waals surface area contributed by atoms with Crippen LogP contribution >= 0.6 is 11.8 Å². The van der Waals surface area contributed by atoms with Crippen molar-refractivity contribution in [2.45, 2.75) is 12.6 Å². The molecule has 0 saturated carbocycles. The van der Waals surface area contributed by atoms with E-state index in [-0.39, 0.29) is 18.4 Å². The van der Waals surface area contributed by atoms with Crippen molar-refractivity contribution in [2.24, 2.45) is 0 Å². The van der Waals surface area contributed by atoms with E-state index in [1.165, 1.54) is 0 Å². The third-order valence-electron chi connectivity index (χ3n) is 2.01. The molecule has 1 aromatic heterocycles. The Bertz CT molecular complexity index is 297. The minimum absolute atomic E-state index is 0.0430. The number of rotatable bonds is 6. The number of nitrogens with zero attached hydrogens (tertiary/aromatic N) is 1. The van der Waals surface area contributed by atoms with Crippen molar-refractivity contribution in [3.63, 3.8) is 0 Å². The van der Waals surface area contributed by atoms with Crippen molar-refractivity contribution in [3.8, 4) is 5.75 Å². The van der Waals surface area contributed by atoms with Crippen LogP contribution in [-0.2, 0) is 6.54 Å². The lowest BCUT2D eigenvalue weighted by Crippen LogP contribution is -2.34. The SMILES string of the molecule is CSCC(CO)NCc1ncccc1O. The lowest BCUT2D eigenvalue weighted by atomic mass is 10.3. The number of pyridine rings is 1. The maximum atomic E-state index is 9.46. The molecular weight excluding hydrogens is 212 g/mol. The molecule has 0 spiro atoms. The second-order valence-electron chi connectivity index (χ2n) is 3.18. The molecule has 0 fully saturated rings. The van der Waals surface area contributed by atoms with Gasteiger partial charge in [-0.25, -0.2) is 0 Å². The van der Waals surface area contributed by atoms with Gasteiger partial charge in [-0.2, -0.15) is 11.8 Å². The topological polar surface area (TPSA) is 65.4 Å². The summed E-state index contributed by atoms with van der Waals surface area (Å²) in [4.78, 5) is 4.04. The number of aliphatic hydroxyl groups excluding tert-OH is 1. The van der Waals surface area contributed by atoms with E-state index in [4.69, 9.17) is 5.11 Å². The minimum Gasteiger partial charge on any atom is -0.506 e. The molecule has 3 N–H and O–H groups in total. The maximum absolute atomic E-state index is 9.46. The normalized spacial score (nSPS) is 12.7. The van der Waals surface area contributed by atoms with Crippen LogP contribution in [0, 0.1) is 0 Å². The Morgan fingerprint density at radius 2 is 2.40 bits per heavy atom. The van der Waals surface area contributed by atoms with Gasteiger partial charge < -0.3 is 15.5 Å². The molecule has 0 amide bonds. The van der Waals surface area contributed by atoms with Gasteiger partial charge in [-0.1, -0.05) is 0 Å². The van der Waals surface area contributed by atoms with Gasteiger partial charge in [0.2, 0.25) is 0 Å². The summed E-state index contributed by atoms with van der Waals surface area (Å²) < 4.78 is 0. The van der Waals surface area contributed by atoms with Gasteiger partial charge in [0.15, 0.2) is 0 Å². The molecule has 0 saturated heterocycles. The van der Waals surface area contributed by atoms with Crippen LogP contribution in [0.15, 0.2) is 18.3 Å². The van der Waals surface area contributed by atoms with Gasteiger partial charge in [-0.05, 0) is 18.4 Å². The summed E-state index contributed by atoms with van der Waals surface area (Å²) >= 11 is 1.67. The van der Waals surface area contributed by atoms with E-state index in [0.717, 1.165) is 5.75 Å². The predicted molar refractivity (Wildman–Crippen MR) is 62.0 cm³/mol. The second-order valence-corrected chi connectivity index (χ2v) is 4.10. The van der Waals surface area contributed by atoms with Crippen molar-refractivity contribution < 1.29 is 10.2 Å². The molecule has 84 valence electrons. The van der Waals surface area contributed by atoms with Crippen LogP contribution in [0.3, 0.4) is 0 Å². The number of hydrogen-bond acceptors (Lipinski definition) is 5. The van der Waals surface area contributed by atoms with Crippen LogP contribution in [0.2, 0.25) is 0 Å². The van der Waals surface area contributed by atoms with E-state index >= 15 is 0 Å². The first-order chi connectivity index (χ1) is 7.27. The molecule has 0 aromatic carbocycles. The molecule has 0 radical (unpaired) electrons. The maximum Gasteiger partial charge on any atom is 0.138 e. The Labute approximate surface area is 93.7 Å². The Balaban J connectivity index is 2.45. The molecule has 1 unspecified atom stereocenters. The third kappa shape index (κ3) is 4.07. The summed E-state index contributed by atoms with van der Waals surface area (Å²) in [6.45, 7) is 0.562. The van der Waals surface area contributed by atoms with Crippen molar-refractivity contribution in [1.82, 2.24) is 10.3 Å². The first-order valence-corrected chi connectivity index (χ1v) is 6.13. The van der Waals surface area contributed by atoms with Gasteiger partial charge in [-0.3, -0.25) is 4.98 Å². The summed E-state index contributed by atoms with van der Waals surface area (Å²) in [6, 6.07) is 3.33. The number of aliphatic hydroxyl groups is 1. The van der Waals surface area contributed by atoms with Crippen molar-refractivity contribution in [1.29, 1.82) is 0 Å². The van der Waals surface area contributed by atoms with E-state index in [2.05, 4.69) is 10.3 Å². The number of thioether (sulfide) groups is 1. The number of aromatic hydroxyl groups is 1. The molecule has 1 rings (SSSR count). The van der Waals surface area contributed by atoms with Crippen molar-refractivity contribution in [3.05, 3.63) is 24.0 Å². The first kappa shape index (κ1) is 12.3. The van der Waals surface area contributed by atoms with Crippen LogP contribution in [0.4, 0.5) is 0 Å². The van der Waals surface area contributed by atoms with Crippen LogP contribution < -0.4 is 5.32 Å². The number of nitrogens with one attached hydrogen (secondary N) is 1. The fourth-order valence-electron chi connectivity index (χ4n) is 1.18. The average Bonchev–Trinajstić information content (AvgIpc) is 2.26. The van der Waals surface area contributed by atoms with Crippen molar-refractivity contribution in [2.75, 3.05) is 18.6 Å². The van der Waals surface area contributed by atoms with E-state index < -0.39 is 0 Å². The average molecular weight is 228 g/mol. The molecule has 0 aliphatic heterocycles. The highest BCUT2D eigenvalue weighted by Gasteiger charge is 2.07. The second kappa shape index (κ2) is 6.66. The Kier molecular flexibility index (Phi) is 5.45. The van der Waals surface area contributed by atoms with E-state index in [1.54, 1.807) is 30.1 Å². The standard InChI is InChI=1S/C10H16N2O2S/c1-15-7-8(6-13)12-5-9-10(14)3-2-4-11-9/h2-4,8,12-14H,5-7H2,1H3. The molecule has 4 nitrogen and oxygen atoms in total. The summed E-state index contributed by atoms with van der Waals surface area (Å²) in [6.07, 6.45) is 3.63. The first-order valence-electron chi connectivity index (χ1n) is 4.74. The lowest BCUT2D eigenvalue weighted by Gasteiger charge is -2.14. The molecule has 1 atom stereocenters. The Hall–Kier alpha value is -0.780. The van der Waals surface area contributed by atoms with E-state index in [0.29, 0.717) is 12.2 Å². The highest BCUT2D eigenvalue weighted by atomic mass is 32.2. The molecule has 1 aromatic rings. The van der Waals surface area contributed by atoms with Crippen LogP contribution in [0.25, 0.3) is 0 Å². The Morgan fingerprint density at radius 1 is 1.60 bits per heavy atom. The van der Waals surface area contributed by atoms with Gasteiger partial charge >= 0.3 is 0 Å². The van der Waals surface area contributed by atoms with Crippen LogP contribution in [0.1, 0.15) is 5.69 Å². The van der Waals surface area contributed by atoms with Crippen LogP contribution in [-0.4, -0.2) is 39.9 Å². The zero-order valence-electron chi connectivity index (χ0n) is 8.68. The molecule has 0 aliphatic carbocycles. The molecule has 1 heterocycles. The Morgan fingerprint density at radius 3 is 3.00 bits per heavy atom. The predicted octanol–water partition coefficient (Wildman–Crippen LogP) is 0.601. The van der Waals surface area contributed by atoms with Gasteiger partial charge in [0.1, 0.15) is 5.75 Å². The smallest absolute Gasteiger partial charge is 0.138 e. The van der Waals surface area contributed by atoms with Crippen LogP contribution in [0.5, 0.6) is 5.75 Å². The van der Waals surface area contributed by atoms with Gasteiger partial charge in [0.25, 0.3) is 0 Å². The molecule has 0 bridgehead atoms. The van der Waals surface area contributed by atoms with E-state index in [9.17, 15) is 5.11 Å². The fourth-order valence-corrected chi connectivity index (χ4v) is 1.81. The largest absolute Gasteiger partial charge is 0.506 e. The fraction of sp³-hybridized carbons (Fsp3) is 0.500. The molecule has 0 aliphatic rings. The minimum atomic E-state index is 0.0430. The summed E-state index contributed by atoms with van der Waals surface area (Å²) in [7, 11) is 0. The zero-order chi connectivity index (χ0) is 11.1. The zero-order valence-corrected chi connectivity index (χ0v) is 9.50. The molecule has 15 heavy (non-hydrogen) atoms. The number of hydrogen-bond donors (Lipinski definition) is 3. The highest BCUT2D eigenvalue weighted by molar-refractivity contribution is 7.98. The lowest BCUT2D eigenvalue weighted by molar-refractivity contribution is 0.252. The number of aromatic nitrogens is 1. The summed E-state index contributed by atoms with van der Waals surface area (Å²) in [5, 5.41) is 21.6. The molecule has 5 heteroatoms.